The molecule has 0 bridgehead atoms. The molecule has 3 aromatic rings. The van der Waals surface area contributed by atoms with Crippen molar-refractivity contribution in [3.63, 3.8) is 0 Å². The number of fused-ring (bicyclic) bond motifs is 2. The van der Waals surface area contributed by atoms with Crippen LogP contribution in [0.3, 0.4) is 0 Å². The fraction of sp³-hybridized carbons (Fsp3) is 0.200. The van der Waals surface area contributed by atoms with Crippen molar-refractivity contribution in [2.24, 2.45) is 0 Å². The van der Waals surface area contributed by atoms with Gasteiger partial charge in [-0.3, -0.25) is 9.59 Å². The average Bonchev–Trinajstić information content (AvgIpc) is 3.26. The molecule has 0 spiro atoms. The summed E-state index contributed by atoms with van der Waals surface area (Å²) in [6, 6.07) is 8.62. The first kappa shape index (κ1) is 17.0. The molecule has 7 heteroatoms. The summed E-state index contributed by atoms with van der Waals surface area (Å²) in [6.07, 6.45) is 1.65. The summed E-state index contributed by atoms with van der Waals surface area (Å²) < 4.78 is 21.3. The molecule has 138 valence electrons. The topological polar surface area (TPSA) is 87.0 Å². The number of anilines is 1. The highest BCUT2D eigenvalue weighted by molar-refractivity contribution is 6.05. The SMILES string of the molecule is COc1ccc2c(CC(=O)Nc3cc4c(cc3C(C)=O)OCO4)coc2c1. The van der Waals surface area contributed by atoms with E-state index in [0.29, 0.717) is 34.1 Å². The molecule has 7 nitrogen and oxygen atoms in total. The van der Waals surface area contributed by atoms with Crippen LogP contribution in [-0.4, -0.2) is 25.6 Å². The summed E-state index contributed by atoms with van der Waals surface area (Å²) >= 11 is 0. The number of benzene rings is 2. The van der Waals surface area contributed by atoms with E-state index in [-0.39, 0.29) is 24.9 Å². The quantitative estimate of drug-likeness (QED) is 0.694. The van der Waals surface area contributed by atoms with E-state index in [1.165, 1.54) is 6.92 Å². The molecule has 2 heterocycles. The lowest BCUT2D eigenvalue weighted by Crippen LogP contribution is -2.16. The van der Waals surface area contributed by atoms with E-state index < -0.39 is 0 Å². The highest BCUT2D eigenvalue weighted by atomic mass is 16.7. The summed E-state index contributed by atoms with van der Waals surface area (Å²) in [5.41, 5.74) is 2.15. The van der Waals surface area contributed by atoms with E-state index in [1.807, 2.05) is 12.1 Å². The number of nitrogens with one attached hydrogen (secondary N) is 1. The van der Waals surface area contributed by atoms with Crippen LogP contribution in [0.15, 0.2) is 41.0 Å². The minimum absolute atomic E-state index is 0.0918. The molecule has 0 saturated carbocycles. The molecule has 1 aromatic heterocycles. The number of carbonyl (C=O) groups excluding carboxylic acids is 2. The molecule has 0 fully saturated rings. The summed E-state index contributed by atoms with van der Waals surface area (Å²) in [5.74, 6) is 1.22. The van der Waals surface area contributed by atoms with Crippen LogP contribution in [0, 0.1) is 0 Å². The third kappa shape index (κ3) is 3.19. The molecule has 1 amide bonds. The van der Waals surface area contributed by atoms with Gasteiger partial charge in [-0.1, -0.05) is 0 Å². The predicted molar refractivity (Wildman–Crippen MR) is 97.7 cm³/mol. The number of amides is 1. The second kappa shape index (κ2) is 6.68. The number of hydrogen-bond acceptors (Lipinski definition) is 6. The largest absolute Gasteiger partial charge is 0.497 e. The highest BCUT2D eigenvalue weighted by Crippen LogP contribution is 2.37. The normalized spacial score (nSPS) is 12.2. The van der Waals surface area contributed by atoms with Gasteiger partial charge in [0.15, 0.2) is 17.3 Å². The zero-order valence-electron chi connectivity index (χ0n) is 14.8. The van der Waals surface area contributed by atoms with Crippen LogP contribution in [0.4, 0.5) is 5.69 Å². The minimum Gasteiger partial charge on any atom is -0.497 e. The number of rotatable bonds is 5. The summed E-state index contributed by atoms with van der Waals surface area (Å²) in [4.78, 5) is 24.5. The average molecular weight is 367 g/mol. The molecule has 0 atom stereocenters. The van der Waals surface area contributed by atoms with Gasteiger partial charge in [-0.15, -0.1) is 0 Å². The van der Waals surface area contributed by atoms with Crippen LogP contribution in [0.1, 0.15) is 22.8 Å². The van der Waals surface area contributed by atoms with E-state index in [1.54, 1.807) is 31.6 Å². The fourth-order valence-corrected chi connectivity index (χ4v) is 3.03. The van der Waals surface area contributed by atoms with Crippen LogP contribution in [-0.2, 0) is 11.2 Å². The molecule has 27 heavy (non-hydrogen) atoms. The molecule has 1 aliphatic heterocycles. The zero-order chi connectivity index (χ0) is 19.0. The highest BCUT2D eigenvalue weighted by Gasteiger charge is 2.21. The molecular formula is C20H17NO6. The van der Waals surface area contributed by atoms with Gasteiger partial charge < -0.3 is 23.9 Å². The Bertz CT molecular complexity index is 1050. The van der Waals surface area contributed by atoms with Crippen LogP contribution < -0.4 is 19.5 Å². The molecule has 0 aliphatic carbocycles. The Hall–Kier alpha value is -3.48. The van der Waals surface area contributed by atoms with Gasteiger partial charge in [0.25, 0.3) is 0 Å². The lowest BCUT2D eigenvalue weighted by atomic mass is 10.1. The number of ether oxygens (including phenoxy) is 3. The van der Waals surface area contributed by atoms with Crippen LogP contribution in [0.25, 0.3) is 11.0 Å². The molecular weight excluding hydrogens is 350 g/mol. The van der Waals surface area contributed by atoms with E-state index in [9.17, 15) is 9.59 Å². The van der Waals surface area contributed by atoms with Gasteiger partial charge in [0.2, 0.25) is 12.7 Å². The Kier molecular flexibility index (Phi) is 4.19. The number of carbonyl (C=O) groups is 2. The first-order valence-electron chi connectivity index (χ1n) is 8.33. The second-order valence-corrected chi connectivity index (χ2v) is 6.16. The Balaban J connectivity index is 1.57. The number of furan rings is 1. The Labute approximate surface area is 154 Å². The number of hydrogen-bond donors (Lipinski definition) is 1. The first-order valence-corrected chi connectivity index (χ1v) is 8.33. The van der Waals surface area contributed by atoms with Gasteiger partial charge in [-0.05, 0) is 25.1 Å². The van der Waals surface area contributed by atoms with E-state index in [0.717, 1.165) is 10.9 Å². The third-order valence-electron chi connectivity index (χ3n) is 4.38. The van der Waals surface area contributed by atoms with Crippen molar-refractivity contribution in [3.8, 4) is 17.2 Å². The smallest absolute Gasteiger partial charge is 0.231 e. The van der Waals surface area contributed by atoms with Gasteiger partial charge >= 0.3 is 0 Å². The van der Waals surface area contributed by atoms with Crippen molar-refractivity contribution >= 4 is 28.3 Å². The van der Waals surface area contributed by atoms with Gasteiger partial charge in [0.1, 0.15) is 11.3 Å². The number of ketones is 1. The van der Waals surface area contributed by atoms with Gasteiger partial charge in [0.05, 0.1) is 25.5 Å². The van der Waals surface area contributed by atoms with Crippen molar-refractivity contribution < 1.29 is 28.2 Å². The van der Waals surface area contributed by atoms with Crippen molar-refractivity contribution in [2.75, 3.05) is 19.2 Å². The standard InChI is InChI=1S/C20H17NO6/c1-11(22)15-7-18-19(27-10-26-18)8-16(15)21-20(23)5-12-9-25-17-6-13(24-2)3-4-14(12)17/h3-4,6-9H,5,10H2,1-2H3,(H,21,23). The lowest BCUT2D eigenvalue weighted by Gasteiger charge is -2.10. The van der Waals surface area contributed by atoms with Gasteiger partial charge in [0, 0.05) is 28.6 Å². The third-order valence-corrected chi connectivity index (χ3v) is 4.38. The molecule has 1 N–H and O–H groups in total. The first-order chi connectivity index (χ1) is 13.0. The van der Waals surface area contributed by atoms with Crippen molar-refractivity contribution in [1.82, 2.24) is 0 Å². The lowest BCUT2D eigenvalue weighted by molar-refractivity contribution is -0.115. The van der Waals surface area contributed by atoms with Crippen LogP contribution in [0.2, 0.25) is 0 Å². The number of methoxy groups -OCH3 is 1. The molecule has 0 saturated heterocycles. The zero-order valence-corrected chi connectivity index (χ0v) is 14.8. The minimum atomic E-state index is -0.269. The monoisotopic (exact) mass is 367 g/mol. The second-order valence-electron chi connectivity index (χ2n) is 6.16. The molecule has 0 unspecified atom stereocenters. The fourth-order valence-electron chi connectivity index (χ4n) is 3.03. The maximum atomic E-state index is 12.6. The number of Topliss-reactive ketones (excluding diaryl/α,β-unsaturated/α-hetero) is 1. The van der Waals surface area contributed by atoms with E-state index in [2.05, 4.69) is 5.32 Å². The molecule has 4 rings (SSSR count). The van der Waals surface area contributed by atoms with E-state index >= 15 is 0 Å². The summed E-state index contributed by atoms with van der Waals surface area (Å²) in [6.45, 7) is 1.53. The van der Waals surface area contributed by atoms with E-state index in [4.69, 9.17) is 18.6 Å². The summed E-state index contributed by atoms with van der Waals surface area (Å²) in [7, 11) is 1.58. The van der Waals surface area contributed by atoms with Crippen molar-refractivity contribution in [3.05, 3.63) is 47.7 Å². The molecule has 0 radical (unpaired) electrons. The van der Waals surface area contributed by atoms with Gasteiger partial charge in [-0.2, -0.15) is 0 Å². The van der Waals surface area contributed by atoms with Crippen molar-refractivity contribution in [2.45, 2.75) is 13.3 Å². The van der Waals surface area contributed by atoms with Crippen molar-refractivity contribution in [1.29, 1.82) is 0 Å². The summed E-state index contributed by atoms with van der Waals surface area (Å²) in [5, 5.41) is 3.62. The Morgan fingerprint density at radius 1 is 1.15 bits per heavy atom. The Morgan fingerprint density at radius 3 is 2.67 bits per heavy atom. The maximum Gasteiger partial charge on any atom is 0.231 e. The van der Waals surface area contributed by atoms with Gasteiger partial charge in [-0.25, -0.2) is 0 Å². The Morgan fingerprint density at radius 2 is 1.93 bits per heavy atom. The molecule has 1 aliphatic rings. The van der Waals surface area contributed by atoms with Crippen LogP contribution >= 0.6 is 0 Å². The maximum absolute atomic E-state index is 12.6. The van der Waals surface area contributed by atoms with Crippen LogP contribution in [0.5, 0.6) is 17.2 Å². The predicted octanol–water partition coefficient (Wildman–Crippen LogP) is 3.55. The molecule has 2 aromatic carbocycles.